The average Bonchev–Trinajstić information content (AvgIpc) is 2.82. The van der Waals surface area contributed by atoms with E-state index in [1.807, 2.05) is 67.6 Å². The van der Waals surface area contributed by atoms with Gasteiger partial charge in [0.05, 0.1) is 10.6 Å². The molecule has 1 fully saturated rings. The second-order valence-electron chi connectivity index (χ2n) is 8.12. The van der Waals surface area contributed by atoms with Gasteiger partial charge in [0.25, 0.3) is 5.91 Å². The first-order valence-corrected chi connectivity index (χ1v) is 13.0. The molecular formula is C25H26BrN3O3S. The first kappa shape index (κ1) is 23.6. The fraction of sp³-hybridized carbons (Fsp3) is 0.240. The summed E-state index contributed by atoms with van der Waals surface area (Å²) in [6, 6.07) is 22.0. The van der Waals surface area contributed by atoms with Gasteiger partial charge in [0.2, 0.25) is 10.0 Å². The van der Waals surface area contributed by atoms with Gasteiger partial charge in [-0.15, -0.1) is 0 Å². The predicted molar refractivity (Wildman–Crippen MR) is 134 cm³/mol. The van der Waals surface area contributed by atoms with E-state index in [0.717, 1.165) is 21.3 Å². The highest BCUT2D eigenvalue weighted by molar-refractivity contribution is 9.10. The third kappa shape index (κ3) is 5.70. The summed E-state index contributed by atoms with van der Waals surface area (Å²) in [6.07, 6.45) is 0. The van der Waals surface area contributed by atoms with Crippen LogP contribution in [-0.4, -0.2) is 49.7 Å². The summed E-state index contributed by atoms with van der Waals surface area (Å²) in [5, 5.41) is 2.90. The summed E-state index contributed by atoms with van der Waals surface area (Å²) in [4.78, 5) is 15.1. The lowest BCUT2D eigenvalue weighted by molar-refractivity contribution is 0.102. The lowest BCUT2D eigenvalue weighted by Crippen LogP contribution is -2.48. The molecule has 3 aromatic rings. The molecule has 0 unspecified atom stereocenters. The van der Waals surface area contributed by atoms with Crippen molar-refractivity contribution in [2.24, 2.45) is 0 Å². The van der Waals surface area contributed by atoms with Crippen molar-refractivity contribution < 1.29 is 13.2 Å². The number of hydrogen-bond donors (Lipinski definition) is 1. The van der Waals surface area contributed by atoms with Crippen molar-refractivity contribution in [1.29, 1.82) is 0 Å². The molecule has 1 heterocycles. The van der Waals surface area contributed by atoms with Crippen molar-refractivity contribution in [1.82, 2.24) is 9.21 Å². The SMILES string of the molecule is Cc1ccc(S(=O)(=O)N2CCN(Cc3ccc(C(=O)Nc4ccccc4Br)cc3)CC2)cc1. The van der Waals surface area contributed by atoms with E-state index in [9.17, 15) is 13.2 Å². The average molecular weight is 528 g/mol. The summed E-state index contributed by atoms with van der Waals surface area (Å²) in [6.45, 7) is 4.90. The maximum absolute atomic E-state index is 12.9. The molecule has 0 atom stereocenters. The molecule has 1 aliphatic heterocycles. The summed E-state index contributed by atoms with van der Waals surface area (Å²) in [5.74, 6) is -0.164. The Kier molecular flexibility index (Phi) is 7.29. The normalized spacial score (nSPS) is 15.3. The number of hydrogen-bond acceptors (Lipinski definition) is 4. The lowest BCUT2D eigenvalue weighted by atomic mass is 10.1. The van der Waals surface area contributed by atoms with E-state index in [-0.39, 0.29) is 5.91 Å². The third-order valence-electron chi connectivity index (χ3n) is 5.73. The summed E-state index contributed by atoms with van der Waals surface area (Å²) < 4.78 is 28.2. The fourth-order valence-corrected chi connectivity index (χ4v) is 5.57. The number of rotatable bonds is 6. The number of nitrogens with one attached hydrogen (secondary N) is 1. The van der Waals surface area contributed by atoms with Gasteiger partial charge in [-0.25, -0.2) is 8.42 Å². The number of anilines is 1. The molecule has 0 spiro atoms. The Morgan fingerprint density at radius 1 is 0.909 bits per heavy atom. The topological polar surface area (TPSA) is 69.7 Å². The smallest absolute Gasteiger partial charge is 0.255 e. The number of piperazine rings is 1. The van der Waals surface area contributed by atoms with Gasteiger partial charge in [0.1, 0.15) is 0 Å². The summed E-state index contributed by atoms with van der Waals surface area (Å²) in [7, 11) is -3.46. The Morgan fingerprint density at radius 2 is 1.55 bits per heavy atom. The number of amides is 1. The van der Waals surface area contributed by atoms with E-state index in [4.69, 9.17) is 0 Å². The van der Waals surface area contributed by atoms with Crippen LogP contribution in [0.2, 0.25) is 0 Å². The second kappa shape index (κ2) is 10.2. The van der Waals surface area contributed by atoms with Crippen molar-refractivity contribution in [3.63, 3.8) is 0 Å². The predicted octanol–water partition coefficient (Wildman–Crippen LogP) is 4.52. The van der Waals surface area contributed by atoms with Crippen molar-refractivity contribution in [2.75, 3.05) is 31.5 Å². The number of aryl methyl sites for hydroxylation is 1. The molecule has 0 saturated carbocycles. The van der Waals surface area contributed by atoms with E-state index in [1.165, 1.54) is 0 Å². The number of sulfonamides is 1. The van der Waals surface area contributed by atoms with Gasteiger partial charge in [-0.3, -0.25) is 9.69 Å². The minimum atomic E-state index is -3.46. The Morgan fingerprint density at radius 3 is 2.18 bits per heavy atom. The van der Waals surface area contributed by atoms with Crippen LogP contribution in [0.3, 0.4) is 0 Å². The Hall–Kier alpha value is -2.52. The number of carbonyl (C=O) groups is 1. The molecule has 1 amide bonds. The molecule has 4 rings (SSSR count). The molecule has 0 aliphatic carbocycles. The molecule has 172 valence electrons. The van der Waals surface area contributed by atoms with E-state index in [0.29, 0.717) is 43.2 Å². The van der Waals surface area contributed by atoms with Crippen LogP contribution in [0.1, 0.15) is 21.5 Å². The van der Waals surface area contributed by atoms with Crippen molar-refractivity contribution in [3.8, 4) is 0 Å². The number of para-hydroxylation sites is 1. The molecule has 33 heavy (non-hydrogen) atoms. The van der Waals surface area contributed by atoms with Crippen LogP contribution >= 0.6 is 15.9 Å². The van der Waals surface area contributed by atoms with Crippen molar-refractivity contribution in [3.05, 3.63) is 94.0 Å². The van der Waals surface area contributed by atoms with Crippen LogP contribution < -0.4 is 5.32 Å². The lowest BCUT2D eigenvalue weighted by Gasteiger charge is -2.34. The quantitative estimate of drug-likeness (QED) is 0.511. The molecule has 0 aromatic heterocycles. The molecule has 1 aliphatic rings. The van der Waals surface area contributed by atoms with Gasteiger partial charge in [0, 0.05) is 42.8 Å². The Labute approximate surface area is 203 Å². The third-order valence-corrected chi connectivity index (χ3v) is 8.34. The maximum atomic E-state index is 12.9. The van der Waals surface area contributed by atoms with Gasteiger partial charge in [0.15, 0.2) is 0 Å². The van der Waals surface area contributed by atoms with E-state index in [1.54, 1.807) is 16.4 Å². The first-order valence-electron chi connectivity index (χ1n) is 10.8. The molecular weight excluding hydrogens is 502 g/mol. The minimum absolute atomic E-state index is 0.164. The highest BCUT2D eigenvalue weighted by Crippen LogP contribution is 2.22. The van der Waals surface area contributed by atoms with Crippen molar-refractivity contribution >= 4 is 37.5 Å². The van der Waals surface area contributed by atoms with Gasteiger partial charge in [-0.2, -0.15) is 4.31 Å². The zero-order chi connectivity index (χ0) is 23.4. The monoisotopic (exact) mass is 527 g/mol. The van der Waals surface area contributed by atoms with E-state index in [2.05, 4.69) is 26.1 Å². The molecule has 8 heteroatoms. The minimum Gasteiger partial charge on any atom is -0.321 e. The zero-order valence-electron chi connectivity index (χ0n) is 18.4. The number of nitrogens with zero attached hydrogens (tertiary/aromatic N) is 2. The van der Waals surface area contributed by atoms with Gasteiger partial charge in [-0.1, -0.05) is 42.0 Å². The van der Waals surface area contributed by atoms with Gasteiger partial charge < -0.3 is 5.32 Å². The summed E-state index contributed by atoms with van der Waals surface area (Å²) >= 11 is 3.44. The highest BCUT2D eigenvalue weighted by atomic mass is 79.9. The highest BCUT2D eigenvalue weighted by Gasteiger charge is 2.28. The Bertz CT molecular complexity index is 1220. The number of carbonyl (C=O) groups excluding carboxylic acids is 1. The largest absolute Gasteiger partial charge is 0.321 e. The first-order chi connectivity index (χ1) is 15.8. The molecule has 0 bridgehead atoms. The molecule has 3 aromatic carbocycles. The summed E-state index contributed by atoms with van der Waals surface area (Å²) in [5.41, 5.74) is 3.44. The molecule has 6 nitrogen and oxygen atoms in total. The second-order valence-corrected chi connectivity index (χ2v) is 10.9. The molecule has 0 radical (unpaired) electrons. The molecule has 1 saturated heterocycles. The van der Waals surface area contributed by atoms with Gasteiger partial charge >= 0.3 is 0 Å². The van der Waals surface area contributed by atoms with Crippen LogP contribution in [-0.2, 0) is 16.6 Å². The van der Waals surface area contributed by atoms with E-state index >= 15 is 0 Å². The Balaban J connectivity index is 1.32. The van der Waals surface area contributed by atoms with Crippen LogP contribution in [0, 0.1) is 6.92 Å². The standard InChI is InChI=1S/C25H26BrN3O3S/c1-19-6-12-22(13-7-19)33(31,32)29-16-14-28(15-17-29)18-20-8-10-21(11-9-20)25(30)27-24-5-3-2-4-23(24)26/h2-13H,14-18H2,1H3,(H,27,30). The van der Waals surface area contributed by atoms with Gasteiger partial charge in [-0.05, 0) is 64.8 Å². The van der Waals surface area contributed by atoms with Crippen molar-refractivity contribution in [2.45, 2.75) is 18.4 Å². The number of benzene rings is 3. The van der Waals surface area contributed by atoms with E-state index < -0.39 is 10.0 Å². The number of halogens is 1. The van der Waals surface area contributed by atoms with Crippen LogP contribution in [0.15, 0.2) is 82.2 Å². The molecule has 1 N–H and O–H groups in total. The van der Waals surface area contributed by atoms with Crippen LogP contribution in [0.4, 0.5) is 5.69 Å². The maximum Gasteiger partial charge on any atom is 0.255 e. The zero-order valence-corrected chi connectivity index (χ0v) is 20.8. The fourth-order valence-electron chi connectivity index (χ4n) is 3.76. The van der Waals surface area contributed by atoms with Crippen LogP contribution in [0.5, 0.6) is 0 Å². The van der Waals surface area contributed by atoms with Crippen LogP contribution in [0.25, 0.3) is 0 Å².